The van der Waals surface area contributed by atoms with Crippen LogP contribution in [0.5, 0.6) is 11.5 Å². The molecule has 2 rings (SSSR count). The van der Waals surface area contributed by atoms with E-state index in [2.05, 4.69) is 0 Å². The fourth-order valence-electron chi connectivity index (χ4n) is 2.66. The van der Waals surface area contributed by atoms with Gasteiger partial charge >= 0.3 is 25.0 Å². The van der Waals surface area contributed by atoms with Gasteiger partial charge in [-0.2, -0.15) is 13.2 Å². The number of carbonyl (C=O) groups is 1. The third kappa shape index (κ3) is 8.01. The van der Waals surface area contributed by atoms with Crippen molar-refractivity contribution in [1.29, 1.82) is 0 Å². The summed E-state index contributed by atoms with van der Waals surface area (Å²) in [5, 5.41) is 10.7. The van der Waals surface area contributed by atoms with Crippen LogP contribution in [-0.2, 0) is 11.0 Å². The van der Waals surface area contributed by atoms with Crippen molar-refractivity contribution in [2.75, 3.05) is 27.2 Å². The minimum absolute atomic E-state index is 0. The molecule has 2 aromatic carbocycles. The molecule has 152 valence electrons. The van der Waals surface area contributed by atoms with Gasteiger partial charge in [0, 0.05) is 19.5 Å². The Labute approximate surface area is 179 Å². The molecule has 0 aliphatic carbocycles. The number of methoxy groups -OCH3 is 1. The van der Waals surface area contributed by atoms with Gasteiger partial charge in [-0.3, -0.25) is 0 Å². The minimum atomic E-state index is -4.47. The first-order valence-electron chi connectivity index (χ1n) is 8.55. The summed E-state index contributed by atoms with van der Waals surface area (Å²) < 4.78 is 49.8. The van der Waals surface area contributed by atoms with E-state index in [-0.39, 0.29) is 31.2 Å². The average molecular weight is 403 g/mol. The first kappa shape index (κ1) is 24.9. The van der Waals surface area contributed by atoms with Crippen LogP contribution in [0.15, 0.2) is 48.5 Å². The van der Waals surface area contributed by atoms with Crippen molar-refractivity contribution in [1.82, 2.24) is 4.90 Å². The van der Waals surface area contributed by atoms with Crippen molar-refractivity contribution in [2.24, 2.45) is 0 Å². The number of halogens is 3. The summed E-state index contributed by atoms with van der Waals surface area (Å²) in [5.74, 6) is -0.490. The summed E-state index contributed by atoms with van der Waals surface area (Å²) in [6.07, 6.45) is -4.67. The van der Waals surface area contributed by atoms with E-state index >= 15 is 0 Å². The summed E-state index contributed by atoms with van der Waals surface area (Å²) in [7, 11) is 3.14. The standard InChI is InChI=1S/C20H22F3NO4.Li/c1-24(13-19(25)26)11-10-18(14-6-8-16(27-2)9-7-14)28-17-5-3-4-15(12-17)20(21,22)23;/h3-9,12,18H,10-11,13H2,1-2H3,(H,25,26);/q;+1/p-1/t18-;/m0./s1. The fourth-order valence-corrected chi connectivity index (χ4v) is 2.66. The minimum Gasteiger partial charge on any atom is -0.549 e. The first-order valence-corrected chi connectivity index (χ1v) is 8.55. The second-order valence-corrected chi connectivity index (χ2v) is 6.30. The molecule has 0 spiro atoms. The zero-order valence-electron chi connectivity index (χ0n) is 16.5. The van der Waals surface area contributed by atoms with Gasteiger partial charge in [0.1, 0.15) is 17.6 Å². The van der Waals surface area contributed by atoms with E-state index in [0.29, 0.717) is 18.7 Å². The van der Waals surface area contributed by atoms with E-state index < -0.39 is 23.8 Å². The third-order valence-electron chi connectivity index (χ3n) is 4.10. The van der Waals surface area contributed by atoms with Gasteiger partial charge in [-0.25, -0.2) is 0 Å². The maximum Gasteiger partial charge on any atom is 1.00 e. The number of benzene rings is 2. The van der Waals surface area contributed by atoms with E-state index in [1.807, 2.05) is 0 Å². The summed E-state index contributed by atoms with van der Waals surface area (Å²) >= 11 is 0. The molecular weight excluding hydrogens is 382 g/mol. The van der Waals surface area contributed by atoms with Crippen molar-refractivity contribution in [3.63, 3.8) is 0 Å². The number of hydrogen-bond acceptors (Lipinski definition) is 5. The van der Waals surface area contributed by atoms with Crippen LogP contribution >= 0.6 is 0 Å². The van der Waals surface area contributed by atoms with Crippen molar-refractivity contribution in [2.45, 2.75) is 18.7 Å². The summed E-state index contributed by atoms with van der Waals surface area (Å²) in [6, 6.07) is 11.6. The molecule has 0 bridgehead atoms. The number of carbonyl (C=O) groups excluding carboxylic acids is 1. The number of rotatable bonds is 9. The average Bonchev–Trinajstić information content (AvgIpc) is 2.64. The van der Waals surface area contributed by atoms with Crippen LogP contribution in [0.1, 0.15) is 23.7 Å². The monoisotopic (exact) mass is 403 g/mol. The largest absolute Gasteiger partial charge is 1.00 e. The van der Waals surface area contributed by atoms with Gasteiger partial charge in [0.25, 0.3) is 0 Å². The quantitative estimate of drug-likeness (QED) is 0.548. The molecule has 0 aliphatic heterocycles. The van der Waals surface area contributed by atoms with Gasteiger partial charge in [-0.1, -0.05) is 18.2 Å². The molecule has 2 aromatic rings. The molecule has 5 nitrogen and oxygen atoms in total. The number of likely N-dealkylation sites (N-methyl/N-ethyl adjacent to an activating group) is 1. The van der Waals surface area contributed by atoms with Crippen LogP contribution in [0.4, 0.5) is 13.2 Å². The Balaban J connectivity index is 0.00000420. The number of carboxylic acids is 1. The maximum atomic E-state index is 12.9. The van der Waals surface area contributed by atoms with Crippen molar-refractivity contribution >= 4 is 5.97 Å². The molecule has 0 amide bonds. The Morgan fingerprint density at radius 1 is 1.14 bits per heavy atom. The van der Waals surface area contributed by atoms with Gasteiger partial charge in [-0.05, 0) is 42.9 Å². The second kappa shape index (κ2) is 11.1. The van der Waals surface area contributed by atoms with Crippen LogP contribution in [-0.4, -0.2) is 38.1 Å². The molecule has 0 saturated carbocycles. The van der Waals surface area contributed by atoms with E-state index in [1.54, 1.807) is 36.2 Å². The molecule has 9 heteroatoms. The van der Waals surface area contributed by atoms with Gasteiger partial charge in [0.2, 0.25) is 0 Å². The van der Waals surface area contributed by atoms with Crippen LogP contribution in [0.25, 0.3) is 0 Å². The van der Waals surface area contributed by atoms with Crippen molar-refractivity contribution in [3.05, 3.63) is 59.7 Å². The Kier molecular flexibility index (Phi) is 9.57. The summed E-state index contributed by atoms with van der Waals surface area (Å²) in [5.41, 5.74) is -0.0624. The maximum absolute atomic E-state index is 12.9. The number of ether oxygens (including phenoxy) is 2. The molecule has 0 heterocycles. The molecule has 0 unspecified atom stereocenters. The Morgan fingerprint density at radius 3 is 2.34 bits per heavy atom. The fraction of sp³-hybridized carbons (Fsp3) is 0.350. The molecule has 0 N–H and O–H groups in total. The predicted octanol–water partition coefficient (Wildman–Crippen LogP) is -0.0901. The zero-order chi connectivity index (χ0) is 20.7. The van der Waals surface area contributed by atoms with Gasteiger partial charge in [-0.15, -0.1) is 0 Å². The molecule has 0 aromatic heterocycles. The number of hydrogen-bond donors (Lipinski definition) is 0. The predicted molar refractivity (Wildman–Crippen MR) is 94.9 cm³/mol. The number of nitrogens with zero attached hydrogens (tertiary/aromatic N) is 1. The second-order valence-electron chi connectivity index (χ2n) is 6.30. The topological polar surface area (TPSA) is 61.8 Å². The molecular formula is C20H21F3LiNO4. The SMILES string of the molecule is COc1ccc([C@H](CCN(C)CC(=O)[O-])Oc2cccc(C(F)(F)F)c2)cc1.[Li+]. The number of aliphatic carboxylic acids is 1. The van der Waals surface area contributed by atoms with Gasteiger partial charge < -0.3 is 24.3 Å². The molecule has 0 fully saturated rings. The molecule has 29 heavy (non-hydrogen) atoms. The first-order chi connectivity index (χ1) is 13.2. The van der Waals surface area contributed by atoms with Gasteiger partial charge in [0.05, 0.1) is 18.6 Å². The molecule has 0 saturated heterocycles. The third-order valence-corrected chi connectivity index (χ3v) is 4.10. The molecule has 0 aliphatic rings. The van der Waals surface area contributed by atoms with Crippen LogP contribution in [0.2, 0.25) is 0 Å². The molecule has 0 radical (unpaired) electrons. The van der Waals surface area contributed by atoms with E-state index in [0.717, 1.165) is 17.7 Å². The Morgan fingerprint density at radius 2 is 1.79 bits per heavy atom. The Hall–Kier alpha value is -2.14. The Bertz CT molecular complexity index is 784. The normalized spacial score (nSPS) is 12.2. The summed E-state index contributed by atoms with van der Waals surface area (Å²) in [4.78, 5) is 12.3. The van der Waals surface area contributed by atoms with E-state index in [9.17, 15) is 23.1 Å². The van der Waals surface area contributed by atoms with E-state index in [1.165, 1.54) is 19.2 Å². The van der Waals surface area contributed by atoms with E-state index in [4.69, 9.17) is 9.47 Å². The number of alkyl halides is 3. The smallest absolute Gasteiger partial charge is 0.549 e. The van der Waals surface area contributed by atoms with Crippen LogP contribution in [0, 0.1) is 0 Å². The molecule has 1 atom stereocenters. The van der Waals surface area contributed by atoms with Crippen molar-refractivity contribution in [3.8, 4) is 11.5 Å². The number of carboxylic acid groups (broad SMARTS) is 1. The zero-order valence-corrected chi connectivity index (χ0v) is 16.5. The van der Waals surface area contributed by atoms with Gasteiger partial charge in [0.15, 0.2) is 0 Å². The van der Waals surface area contributed by atoms with Crippen LogP contribution in [0.3, 0.4) is 0 Å². The van der Waals surface area contributed by atoms with Crippen molar-refractivity contribution < 1.29 is 51.4 Å². The summed E-state index contributed by atoms with van der Waals surface area (Å²) in [6.45, 7) is 0.0997. The van der Waals surface area contributed by atoms with Crippen LogP contribution < -0.4 is 33.4 Å².